The van der Waals surface area contributed by atoms with Gasteiger partial charge in [0.25, 0.3) is 0 Å². The van der Waals surface area contributed by atoms with E-state index in [4.69, 9.17) is 0 Å². The van der Waals surface area contributed by atoms with Gasteiger partial charge in [-0.15, -0.1) is 0 Å². The zero-order valence-electron chi connectivity index (χ0n) is 10.7. The minimum Gasteiger partial charge on any atom is -0.369 e. The molecule has 0 aromatic heterocycles. The van der Waals surface area contributed by atoms with Crippen molar-refractivity contribution in [1.82, 2.24) is 5.32 Å². The molecule has 1 aliphatic rings. The van der Waals surface area contributed by atoms with Crippen molar-refractivity contribution in [1.29, 1.82) is 0 Å². The second-order valence-corrected chi connectivity index (χ2v) is 5.76. The van der Waals surface area contributed by atoms with E-state index in [0.29, 0.717) is 6.04 Å². The maximum atomic E-state index is 3.56. The lowest BCUT2D eigenvalue weighted by Gasteiger charge is -2.36. The van der Waals surface area contributed by atoms with Crippen molar-refractivity contribution in [3.8, 4) is 0 Å². The maximum Gasteiger partial charge on any atom is 0.0415 e. The van der Waals surface area contributed by atoms with Crippen LogP contribution in [-0.4, -0.2) is 19.6 Å². The van der Waals surface area contributed by atoms with Crippen molar-refractivity contribution in [2.45, 2.75) is 38.8 Å². The maximum absolute atomic E-state index is 3.56. The second-order valence-electron chi connectivity index (χ2n) is 4.84. The highest BCUT2D eigenvalue weighted by Gasteiger charge is 2.20. The van der Waals surface area contributed by atoms with Gasteiger partial charge in [0.1, 0.15) is 0 Å². The molecule has 0 aliphatic carbocycles. The first-order valence-corrected chi connectivity index (χ1v) is 7.21. The van der Waals surface area contributed by atoms with E-state index in [1.807, 2.05) is 7.05 Å². The Kier molecular flexibility index (Phi) is 4.46. The van der Waals surface area contributed by atoms with Crippen molar-refractivity contribution in [2.75, 3.05) is 18.5 Å². The Morgan fingerprint density at radius 3 is 2.94 bits per heavy atom. The third-order valence-corrected chi connectivity index (χ3v) is 4.01. The van der Waals surface area contributed by atoms with Gasteiger partial charge in [-0.3, -0.25) is 0 Å². The summed E-state index contributed by atoms with van der Waals surface area (Å²) in [6.45, 7) is 4.46. The Morgan fingerprint density at radius 1 is 1.41 bits per heavy atom. The minimum atomic E-state index is 0.667. The first-order valence-electron chi connectivity index (χ1n) is 6.42. The third-order valence-electron chi connectivity index (χ3n) is 3.52. The average molecular weight is 297 g/mol. The number of nitrogens with one attached hydrogen (secondary N) is 1. The summed E-state index contributed by atoms with van der Waals surface area (Å²) in [6.07, 6.45) is 4.00. The fraction of sp³-hybridized carbons (Fsp3) is 0.571. The van der Waals surface area contributed by atoms with Crippen LogP contribution in [0.5, 0.6) is 0 Å². The predicted molar refractivity (Wildman–Crippen MR) is 77.6 cm³/mol. The van der Waals surface area contributed by atoms with Gasteiger partial charge in [-0.1, -0.05) is 15.9 Å². The van der Waals surface area contributed by atoms with Crippen LogP contribution in [0.1, 0.15) is 31.7 Å². The van der Waals surface area contributed by atoms with Crippen LogP contribution in [-0.2, 0) is 6.54 Å². The van der Waals surface area contributed by atoms with Crippen LogP contribution in [0.25, 0.3) is 0 Å². The van der Waals surface area contributed by atoms with Crippen molar-refractivity contribution >= 4 is 21.6 Å². The zero-order chi connectivity index (χ0) is 12.3. The fourth-order valence-corrected chi connectivity index (χ4v) is 3.03. The topological polar surface area (TPSA) is 15.3 Å². The average Bonchev–Trinajstić information content (AvgIpc) is 2.31. The first kappa shape index (κ1) is 12.9. The Morgan fingerprint density at radius 2 is 2.24 bits per heavy atom. The number of rotatable bonds is 3. The Bertz CT molecular complexity index is 378. The Labute approximate surface area is 113 Å². The van der Waals surface area contributed by atoms with Crippen LogP contribution < -0.4 is 10.2 Å². The van der Waals surface area contributed by atoms with Gasteiger partial charge in [-0.2, -0.15) is 0 Å². The van der Waals surface area contributed by atoms with Crippen molar-refractivity contribution in [3.63, 3.8) is 0 Å². The molecule has 2 nitrogen and oxygen atoms in total. The van der Waals surface area contributed by atoms with E-state index in [2.05, 4.69) is 51.3 Å². The largest absolute Gasteiger partial charge is 0.369 e. The van der Waals surface area contributed by atoms with Crippen molar-refractivity contribution in [3.05, 3.63) is 28.2 Å². The van der Waals surface area contributed by atoms with Crippen molar-refractivity contribution in [2.24, 2.45) is 0 Å². The van der Waals surface area contributed by atoms with E-state index < -0.39 is 0 Å². The van der Waals surface area contributed by atoms with E-state index in [-0.39, 0.29) is 0 Å². The number of hydrogen-bond donors (Lipinski definition) is 1. The normalized spacial score (nSPS) is 20.6. The molecule has 3 heteroatoms. The quantitative estimate of drug-likeness (QED) is 0.918. The number of nitrogens with zero attached hydrogens (tertiary/aromatic N) is 1. The van der Waals surface area contributed by atoms with E-state index in [1.54, 1.807) is 0 Å². The van der Waals surface area contributed by atoms with Gasteiger partial charge in [0.15, 0.2) is 0 Å². The summed E-state index contributed by atoms with van der Waals surface area (Å²) in [5.74, 6) is 0. The monoisotopic (exact) mass is 296 g/mol. The van der Waals surface area contributed by atoms with E-state index in [0.717, 1.165) is 11.0 Å². The number of anilines is 1. The second kappa shape index (κ2) is 5.87. The van der Waals surface area contributed by atoms with Crippen LogP contribution in [0, 0.1) is 0 Å². The summed E-state index contributed by atoms with van der Waals surface area (Å²) in [5, 5.41) is 3.26. The van der Waals surface area contributed by atoms with Gasteiger partial charge in [0.05, 0.1) is 0 Å². The van der Waals surface area contributed by atoms with E-state index >= 15 is 0 Å². The highest BCUT2D eigenvalue weighted by Crippen LogP contribution is 2.29. The highest BCUT2D eigenvalue weighted by molar-refractivity contribution is 9.10. The van der Waals surface area contributed by atoms with Gasteiger partial charge in [-0.05, 0) is 57.0 Å². The molecule has 0 radical (unpaired) electrons. The molecule has 1 unspecified atom stereocenters. The summed E-state index contributed by atoms with van der Waals surface area (Å²) >= 11 is 3.56. The first-order chi connectivity index (χ1) is 8.22. The molecule has 1 aliphatic heterocycles. The van der Waals surface area contributed by atoms with Gasteiger partial charge in [-0.25, -0.2) is 0 Å². The van der Waals surface area contributed by atoms with Crippen LogP contribution in [0.2, 0.25) is 0 Å². The van der Waals surface area contributed by atoms with Crippen LogP contribution in [0.3, 0.4) is 0 Å². The standard InChI is InChI=1S/C14H21BrN2/c1-11-5-3-4-8-17(11)14-7-6-13(15)9-12(14)10-16-2/h6-7,9,11,16H,3-5,8,10H2,1-2H3. The summed E-state index contributed by atoms with van der Waals surface area (Å²) in [7, 11) is 2.00. The molecule has 1 heterocycles. The molecule has 0 bridgehead atoms. The predicted octanol–water partition coefficient (Wildman–Crippen LogP) is 3.55. The molecule has 1 aromatic rings. The highest BCUT2D eigenvalue weighted by atomic mass is 79.9. The van der Waals surface area contributed by atoms with Crippen LogP contribution >= 0.6 is 15.9 Å². The molecule has 1 saturated heterocycles. The smallest absolute Gasteiger partial charge is 0.0415 e. The molecule has 0 amide bonds. The zero-order valence-corrected chi connectivity index (χ0v) is 12.3. The lowest BCUT2D eigenvalue weighted by molar-refractivity contribution is 0.483. The summed E-state index contributed by atoms with van der Waals surface area (Å²) < 4.78 is 1.16. The molecule has 94 valence electrons. The summed E-state index contributed by atoms with van der Waals surface area (Å²) in [6, 6.07) is 7.29. The summed E-state index contributed by atoms with van der Waals surface area (Å²) in [4.78, 5) is 2.56. The number of benzene rings is 1. The molecule has 2 rings (SSSR count). The van der Waals surface area contributed by atoms with E-state index in [9.17, 15) is 0 Å². The number of piperidine rings is 1. The number of hydrogen-bond acceptors (Lipinski definition) is 2. The molecule has 1 N–H and O–H groups in total. The molecule has 1 atom stereocenters. The molecule has 0 saturated carbocycles. The fourth-order valence-electron chi connectivity index (χ4n) is 2.62. The summed E-state index contributed by atoms with van der Waals surface area (Å²) in [5.41, 5.74) is 2.78. The molecule has 1 aromatic carbocycles. The minimum absolute atomic E-state index is 0.667. The van der Waals surface area contributed by atoms with Crippen molar-refractivity contribution < 1.29 is 0 Å². The Hall–Kier alpha value is -0.540. The van der Waals surface area contributed by atoms with E-state index in [1.165, 1.54) is 37.1 Å². The van der Waals surface area contributed by atoms with Gasteiger partial charge >= 0.3 is 0 Å². The van der Waals surface area contributed by atoms with Gasteiger partial charge < -0.3 is 10.2 Å². The molecule has 0 spiro atoms. The molecule has 17 heavy (non-hydrogen) atoms. The molecule has 1 fully saturated rings. The van der Waals surface area contributed by atoms with Gasteiger partial charge in [0.2, 0.25) is 0 Å². The third kappa shape index (κ3) is 3.02. The van der Waals surface area contributed by atoms with Gasteiger partial charge in [0, 0.05) is 29.3 Å². The lowest BCUT2D eigenvalue weighted by Crippen LogP contribution is -2.38. The molecular weight excluding hydrogens is 276 g/mol. The van der Waals surface area contributed by atoms with Crippen LogP contribution in [0.15, 0.2) is 22.7 Å². The number of halogens is 1. The molecular formula is C14H21BrN2. The Balaban J connectivity index is 2.29. The SMILES string of the molecule is CNCc1cc(Br)ccc1N1CCCCC1C. The van der Waals surface area contributed by atoms with Crippen LogP contribution in [0.4, 0.5) is 5.69 Å². The lowest BCUT2D eigenvalue weighted by atomic mass is 10.0.